The van der Waals surface area contributed by atoms with Gasteiger partial charge in [-0.15, -0.1) is 0 Å². The van der Waals surface area contributed by atoms with E-state index in [1.165, 1.54) is 11.1 Å². The maximum Gasteiger partial charge on any atom is 0.213 e. The van der Waals surface area contributed by atoms with Gasteiger partial charge in [0.15, 0.2) is 0 Å². The zero-order valence-electron chi connectivity index (χ0n) is 12.4. The molecule has 1 aliphatic heterocycles. The Kier molecular flexibility index (Phi) is 3.95. The SMILES string of the molecule is CCOc1ccc(NCC2Cc3cc(C)ccc3O2)cn1. The molecule has 4 heteroatoms. The van der Waals surface area contributed by atoms with Crippen molar-refractivity contribution in [3.8, 4) is 11.6 Å². The molecular formula is C17H20N2O2. The summed E-state index contributed by atoms with van der Waals surface area (Å²) in [6.45, 7) is 5.46. The molecule has 1 aliphatic rings. The Balaban J connectivity index is 1.55. The second-order valence-corrected chi connectivity index (χ2v) is 5.25. The van der Waals surface area contributed by atoms with Crippen molar-refractivity contribution < 1.29 is 9.47 Å². The maximum absolute atomic E-state index is 5.94. The van der Waals surface area contributed by atoms with Crippen molar-refractivity contribution in [1.82, 2.24) is 4.98 Å². The molecule has 0 bridgehead atoms. The second-order valence-electron chi connectivity index (χ2n) is 5.25. The quantitative estimate of drug-likeness (QED) is 0.915. The average molecular weight is 284 g/mol. The van der Waals surface area contributed by atoms with Crippen LogP contribution in [-0.2, 0) is 6.42 Å². The van der Waals surface area contributed by atoms with Crippen molar-refractivity contribution in [2.75, 3.05) is 18.5 Å². The number of aromatic nitrogens is 1. The summed E-state index contributed by atoms with van der Waals surface area (Å²) < 4.78 is 11.3. The van der Waals surface area contributed by atoms with E-state index in [2.05, 4.69) is 35.4 Å². The van der Waals surface area contributed by atoms with Crippen LogP contribution in [0.1, 0.15) is 18.1 Å². The minimum Gasteiger partial charge on any atom is -0.488 e. The normalized spacial score (nSPS) is 16.2. The van der Waals surface area contributed by atoms with Crippen LogP contribution in [0.5, 0.6) is 11.6 Å². The fraction of sp³-hybridized carbons (Fsp3) is 0.353. The summed E-state index contributed by atoms with van der Waals surface area (Å²) in [5.41, 5.74) is 3.56. The van der Waals surface area contributed by atoms with E-state index in [1.807, 2.05) is 19.1 Å². The molecule has 1 aromatic carbocycles. The smallest absolute Gasteiger partial charge is 0.213 e. The molecule has 1 atom stereocenters. The van der Waals surface area contributed by atoms with E-state index >= 15 is 0 Å². The molecule has 0 aliphatic carbocycles. The minimum absolute atomic E-state index is 0.174. The lowest BCUT2D eigenvalue weighted by atomic mass is 10.1. The van der Waals surface area contributed by atoms with Crippen molar-refractivity contribution in [2.24, 2.45) is 0 Å². The highest BCUT2D eigenvalue weighted by Crippen LogP contribution is 2.29. The fourth-order valence-electron chi connectivity index (χ4n) is 2.51. The van der Waals surface area contributed by atoms with E-state index < -0.39 is 0 Å². The van der Waals surface area contributed by atoms with E-state index in [-0.39, 0.29) is 6.10 Å². The first-order valence-electron chi connectivity index (χ1n) is 7.33. The Bertz CT molecular complexity index is 611. The number of rotatable bonds is 5. The van der Waals surface area contributed by atoms with Crippen molar-refractivity contribution in [2.45, 2.75) is 26.4 Å². The lowest BCUT2D eigenvalue weighted by Crippen LogP contribution is -2.23. The molecular weight excluding hydrogens is 264 g/mol. The zero-order valence-corrected chi connectivity index (χ0v) is 12.4. The van der Waals surface area contributed by atoms with Gasteiger partial charge in [-0.05, 0) is 31.5 Å². The Labute approximate surface area is 125 Å². The summed E-state index contributed by atoms with van der Waals surface area (Å²) in [5, 5.41) is 3.36. The van der Waals surface area contributed by atoms with Crippen LogP contribution >= 0.6 is 0 Å². The largest absolute Gasteiger partial charge is 0.488 e. The highest BCUT2D eigenvalue weighted by molar-refractivity contribution is 5.44. The van der Waals surface area contributed by atoms with Crippen LogP contribution in [0.25, 0.3) is 0 Å². The highest BCUT2D eigenvalue weighted by atomic mass is 16.5. The van der Waals surface area contributed by atoms with E-state index in [1.54, 1.807) is 6.20 Å². The van der Waals surface area contributed by atoms with Crippen molar-refractivity contribution in [3.63, 3.8) is 0 Å². The van der Waals surface area contributed by atoms with Crippen molar-refractivity contribution in [3.05, 3.63) is 47.7 Å². The lowest BCUT2D eigenvalue weighted by molar-refractivity contribution is 0.246. The average Bonchev–Trinajstić information content (AvgIpc) is 2.89. The predicted octanol–water partition coefficient (Wildman–Crippen LogP) is 3.20. The third-order valence-corrected chi connectivity index (χ3v) is 3.52. The van der Waals surface area contributed by atoms with E-state index in [0.29, 0.717) is 12.5 Å². The summed E-state index contributed by atoms with van der Waals surface area (Å²) in [6, 6.07) is 10.2. The first kappa shape index (κ1) is 13.7. The van der Waals surface area contributed by atoms with Gasteiger partial charge in [-0.1, -0.05) is 17.7 Å². The molecule has 0 amide bonds. The van der Waals surface area contributed by atoms with Gasteiger partial charge in [-0.25, -0.2) is 4.98 Å². The number of pyridine rings is 1. The molecule has 2 heterocycles. The summed E-state index contributed by atoms with van der Waals surface area (Å²) in [4.78, 5) is 4.24. The Hall–Kier alpha value is -2.23. The highest BCUT2D eigenvalue weighted by Gasteiger charge is 2.22. The number of benzene rings is 1. The number of aryl methyl sites for hydroxylation is 1. The molecule has 0 saturated carbocycles. The van der Waals surface area contributed by atoms with E-state index in [4.69, 9.17) is 9.47 Å². The summed E-state index contributed by atoms with van der Waals surface area (Å²) in [7, 11) is 0. The molecule has 0 saturated heterocycles. The minimum atomic E-state index is 0.174. The molecule has 21 heavy (non-hydrogen) atoms. The topological polar surface area (TPSA) is 43.4 Å². The van der Waals surface area contributed by atoms with Gasteiger partial charge in [0.05, 0.1) is 25.0 Å². The van der Waals surface area contributed by atoms with Crippen LogP contribution in [0.4, 0.5) is 5.69 Å². The van der Waals surface area contributed by atoms with Gasteiger partial charge in [0, 0.05) is 12.5 Å². The summed E-state index contributed by atoms with van der Waals surface area (Å²) >= 11 is 0. The maximum atomic E-state index is 5.94. The Morgan fingerprint density at radius 1 is 1.33 bits per heavy atom. The van der Waals surface area contributed by atoms with Gasteiger partial charge in [0.25, 0.3) is 0 Å². The van der Waals surface area contributed by atoms with Gasteiger partial charge in [-0.2, -0.15) is 0 Å². The molecule has 1 aromatic heterocycles. The summed E-state index contributed by atoms with van der Waals surface area (Å²) in [6.07, 6.45) is 2.92. The molecule has 4 nitrogen and oxygen atoms in total. The zero-order chi connectivity index (χ0) is 14.7. The van der Waals surface area contributed by atoms with E-state index in [9.17, 15) is 0 Å². The number of nitrogens with one attached hydrogen (secondary N) is 1. The van der Waals surface area contributed by atoms with Gasteiger partial charge in [0.1, 0.15) is 11.9 Å². The number of nitrogens with zero attached hydrogens (tertiary/aromatic N) is 1. The predicted molar refractivity (Wildman–Crippen MR) is 83.2 cm³/mol. The van der Waals surface area contributed by atoms with Gasteiger partial charge >= 0.3 is 0 Å². The van der Waals surface area contributed by atoms with Crippen LogP contribution in [0, 0.1) is 6.92 Å². The number of hydrogen-bond acceptors (Lipinski definition) is 4. The Morgan fingerprint density at radius 3 is 3.00 bits per heavy atom. The number of anilines is 1. The van der Waals surface area contributed by atoms with Crippen LogP contribution in [0.3, 0.4) is 0 Å². The van der Waals surface area contributed by atoms with E-state index in [0.717, 1.165) is 24.4 Å². The molecule has 110 valence electrons. The third kappa shape index (κ3) is 3.27. The molecule has 1 N–H and O–H groups in total. The lowest BCUT2D eigenvalue weighted by Gasteiger charge is -2.13. The third-order valence-electron chi connectivity index (χ3n) is 3.52. The summed E-state index contributed by atoms with van der Waals surface area (Å²) in [5.74, 6) is 1.67. The molecule has 0 radical (unpaired) electrons. The standard InChI is InChI=1S/C17H20N2O2/c1-3-20-17-7-5-14(10-19-17)18-11-15-9-13-8-12(2)4-6-16(13)21-15/h4-8,10,15,18H,3,9,11H2,1-2H3. The molecule has 2 aromatic rings. The fourth-order valence-corrected chi connectivity index (χ4v) is 2.51. The van der Waals surface area contributed by atoms with Gasteiger partial charge < -0.3 is 14.8 Å². The Morgan fingerprint density at radius 2 is 2.24 bits per heavy atom. The molecule has 3 rings (SSSR count). The first-order valence-corrected chi connectivity index (χ1v) is 7.33. The van der Waals surface area contributed by atoms with Crippen LogP contribution < -0.4 is 14.8 Å². The monoisotopic (exact) mass is 284 g/mol. The molecule has 1 unspecified atom stereocenters. The molecule has 0 fully saturated rings. The number of hydrogen-bond donors (Lipinski definition) is 1. The second kappa shape index (κ2) is 6.04. The number of ether oxygens (including phenoxy) is 2. The van der Waals surface area contributed by atoms with Gasteiger partial charge in [0.2, 0.25) is 5.88 Å². The molecule has 0 spiro atoms. The van der Waals surface area contributed by atoms with Crippen molar-refractivity contribution in [1.29, 1.82) is 0 Å². The van der Waals surface area contributed by atoms with Crippen LogP contribution in [0.2, 0.25) is 0 Å². The number of fused-ring (bicyclic) bond motifs is 1. The van der Waals surface area contributed by atoms with Crippen LogP contribution in [-0.4, -0.2) is 24.2 Å². The van der Waals surface area contributed by atoms with Crippen molar-refractivity contribution >= 4 is 5.69 Å². The van der Waals surface area contributed by atoms with Gasteiger partial charge in [-0.3, -0.25) is 0 Å². The first-order chi connectivity index (χ1) is 10.2. The van der Waals surface area contributed by atoms with Crippen LogP contribution in [0.15, 0.2) is 36.5 Å².